The highest BCUT2D eigenvalue weighted by molar-refractivity contribution is 5.70. The zero-order valence-corrected chi connectivity index (χ0v) is 5.55. The number of rotatable bonds is 1. The van der Waals surface area contributed by atoms with Crippen molar-refractivity contribution in [2.24, 2.45) is 5.84 Å². The summed E-state index contributed by atoms with van der Waals surface area (Å²) in [7, 11) is 2.87. The lowest BCUT2D eigenvalue weighted by atomic mass is 10.8. The maximum atomic E-state index is 9.71. The van der Waals surface area contributed by atoms with Crippen LogP contribution in [0.15, 0.2) is 0 Å². The van der Waals surface area contributed by atoms with Crippen molar-refractivity contribution < 1.29 is 14.6 Å². The minimum absolute atomic E-state index is 0.531. The third kappa shape index (κ3) is 18.7. The van der Waals surface area contributed by atoms with Gasteiger partial charge in [0.1, 0.15) is 6.61 Å². The van der Waals surface area contributed by atoms with Crippen LogP contribution in [0.4, 0.5) is 0 Å². The van der Waals surface area contributed by atoms with Crippen LogP contribution in [0.5, 0.6) is 0 Å². The van der Waals surface area contributed by atoms with Crippen LogP contribution in [-0.4, -0.2) is 31.8 Å². The predicted molar refractivity (Wildman–Crippen MR) is 32.3 cm³/mol. The molecule has 0 saturated heterocycles. The lowest BCUT2D eigenvalue weighted by molar-refractivity contribution is -0.143. The van der Waals surface area contributed by atoms with Crippen LogP contribution in [0.25, 0.3) is 0 Å². The second-order valence-corrected chi connectivity index (χ2v) is 1.02. The first-order valence-corrected chi connectivity index (χ1v) is 2.27. The molecule has 0 bridgehead atoms. The number of aliphatic hydroxyl groups excluding tert-OH is 1. The van der Waals surface area contributed by atoms with Gasteiger partial charge in [-0.2, -0.15) is 0 Å². The summed E-state index contributed by atoms with van der Waals surface area (Å²) in [6.45, 7) is -0.531. The molecule has 0 aliphatic carbocycles. The molecule has 0 atom stereocenters. The highest BCUT2D eigenvalue weighted by Crippen LogP contribution is 1.63. The number of esters is 1. The first-order valence-electron chi connectivity index (χ1n) is 2.27. The average molecular weight is 136 g/mol. The Balaban J connectivity index is 0. The van der Waals surface area contributed by atoms with Gasteiger partial charge in [0.25, 0.3) is 0 Å². The summed E-state index contributed by atoms with van der Waals surface area (Å²) in [5.41, 5.74) is 2.25. The van der Waals surface area contributed by atoms with Crippen molar-refractivity contribution in [3.8, 4) is 0 Å². The number of hydrazine groups is 1. The topological polar surface area (TPSA) is 84.6 Å². The average Bonchev–Trinajstić information content (AvgIpc) is 1.88. The Morgan fingerprint density at radius 2 is 2.22 bits per heavy atom. The van der Waals surface area contributed by atoms with Gasteiger partial charge in [0.05, 0.1) is 7.11 Å². The van der Waals surface area contributed by atoms with Crippen molar-refractivity contribution in [3.63, 3.8) is 0 Å². The SMILES string of the molecule is CNN.COC(=O)CO. The van der Waals surface area contributed by atoms with E-state index in [9.17, 15) is 4.79 Å². The molecule has 0 saturated carbocycles. The van der Waals surface area contributed by atoms with Crippen LogP contribution < -0.4 is 11.3 Å². The molecule has 0 aromatic carbocycles. The van der Waals surface area contributed by atoms with E-state index in [4.69, 9.17) is 5.11 Å². The molecule has 0 amide bonds. The van der Waals surface area contributed by atoms with Crippen LogP contribution in [0, 0.1) is 0 Å². The van der Waals surface area contributed by atoms with Gasteiger partial charge in [0.2, 0.25) is 0 Å². The number of hydrogen-bond donors (Lipinski definition) is 3. The molecular formula is C4H12N2O3. The number of ether oxygens (including phenoxy) is 1. The highest BCUT2D eigenvalue weighted by Gasteiger charge is 1.89. The summed E-state index contributed by atoms with van der Waals surface area (Å²) in [5, 5.41) is 7.86. The number of carbonyl (C=O) groups excluding carboxylic acids is 1. The number of nitrogens with two attached hydrogens (primary N) is 1. The summed E-state index contributed by atoms with van der Waals surface area (Å²) < 4.78 is 4.01. The van der Waals surface area contributed by atoms with Gasteiger partial charge in [-0.05, 0) is 7.05 Å². The molecule has 56 valence electrons. The molecular weight excluding hydrogens is 124 g/mol. The van der Waals surface area contributed by atoms with Gasteiger partial charge in [-0.1, -0.05) is 0 Å². The van der Waals surface area contributed by atoms with Gasteiger partial charge in [0.15, 0.2) is 0 Å². The van der Waals surface area contributed by atoms with E-state index in [1.54, 1.807) is 7.05 Å². The summed E-state index contributed by atoms with van der Waals surface area (Å²) in [6.07, 6.45) is 0. The highest BCUT2D eigenvalue weighted by atomic mass is 16.5. The predicted octanol–water partition coefficient (Wildman–Crippen LogP) is -1.77. The molecule has 4 N–H and O–H groups in total. The molecule has 0 aromatic heterocycles. The summed E-state index contributed by atoms with van der Waals surface area (Å²) in [5.74, 6) is 4.00. The number of methoxy groups -OCH3 is 1. The van der Waals surface area contributed by atoms with Gasteiger partial charge in [-0.3, -0.25) is 11.3 Å². The Kier molecular flexibility index (Phi) is 12.9. The molecule has 0 spiro atoms. The Morgan fingerprint density at radius 3 is 2.22 bits per heavy atom. The molecule has 9 heavy (non-hydrogen) atoms. The van der Waals surface area contributed by atoms with Gasteiger partial charge < -0.3 is 9.84 Å². The molecule has 0 aliphatic heterocycles. The third-order valence-electron chi connectivity index (χ3n) is 0.357. The standard InChI is InChI=1S/C3H6O3.CH6N2/c1-6-3(5)2-4;1-3-2/h4H,2H2,1H3;3H,2H2,1H3. The Bertz CT molecular complexity index is 60.8. The van der Waals surface area contributed by atoms with Crippen molar-refractivity contribution in [1.29, 1.82) is 0 Å². The molecule has 0 aromatic rings. The quantitative estimate of drug-likeness (QED) is 0.226. The molecule has 0 fully saturated rings. The van der Waals surface area contributed by atoms with Crippen LogP contribution in [0.2, 0.25) is 0 Å². The number of nitrogens with one attached hydrogen (secondary N) is 1. The Morgan fingerprint density at radius 1 is 1.89 bits per heavy atom. The lowest BCUT2D eigenvalue weighted by Crippen LogP contribution is -2.13. The first-order chi connectivity index (χ1) is 4.22. The summed E-state index contributed by atoms with van der Waals surface area (Å²) in [4.78, 5) is 9.71. The van der Waals surface area contributed by atoms with Gasteiger partial charge in [-0.25, -0.2) is 4.79 Å². The van der Waals surface area contributed by atoms with E-state index < -0.39 is 12.6 Å². The normalized spacial score (nSPS) is 7.11. The van der Waals surface area contributed by atoms with Crippen molar-refractivity contribution in [2.75, 3.05) is 20.8 Å². The summed E-state index contributed by atoms with van der Waals surface area (Å²) >= 11 is 0. The van der Waals surface area contributed by atoms with Crippen molar-refractivity contribution >= 4 is 5.97 Å². The maximum absolute atomic E-state index is 9.71. The van der Waals surface area contributed by atoms with Crippen molar-refractivity contribution in [2.45, 2.75) is 0 Å². The second-order valence-electron chi connectivity index (χ2n) is 1.02. The van der Waals surface area contributed by atoms with E-state index in [1.165, 1.54) is 7.11 Å². The zero-order chi connectivity index (χ0) is 7.70. The largest absolute Gasteiger partial charge is 0.467 e. The van der Waals surface area contributed by atoms with E-state index in [2.05, 4.69) is 16.0 Å². The van der Waals surface area contributed by atoms with Gasteiger partial charge in [0, 0.05) is 0 Å². The maximum Gasteiger partial charge on any atom is 0.331 e. The molecule has 5 heteroatoms. The van der Waals surface area contributed by atoms with Crippen LogP contribution in [0.1, 0.15) is 0 Å². The number of carbonyl (C=O) groups is 1. The Labute approximate surface area is 53.8 Å². The third-order valence-corrected chi connectivity index (χ3v) is 0.357. The number of aliphatic hydroxyl groups is 1. The summed E-state index contributed by atoms with van der Waals surface area (Å²) in [6, 6.07) is 0. The fourth-order valence-electron chi connectivity index (χ4n) is 0.0645. The van der Waals surface area contributed by atoms with E-state index in [-0.39, 0.29) is 0 Å². The van der Waals surface area contributed by atoms with E-state index in [1.807, 2.05) is 0 Å². The first kappa shape index (κ1) is 11.2. The monoisotopic (exact) mass is 136 g/mol. The molecule has 0 rings (SSSR count). The van der Waals surface area contributed by atoms with Crippen LogP contribution in [-0.2, 0) is 9.53 Å². The van der Waals surface area contributed by atoms with Crippen LogP contribution in [0.3, 0.4) is 0 Å². The molecule has 0 unspecified atom stereocenters. The van der Waals surface area contributed by atoms with Gasteiger partial charge in [-0.15, -0.1) is 0 Å². The van der Waals surface area contributed by atoms with Crippen LogP contribution >= 0.6 is 0 Å². The molecule has 0 radical (unpaired) electrons. The minimum Gasteiger partial charge on any atom is -0.467 e. The smallest absolute Gasteiger partial charge is 0.331 e. The molecule has 0 heterocycles. The van der Waals surface area contributed by atoms with E-state index in [0.29, 0.717) is 0 Å². The van der Waals surface area contributed by atoms with E-state index >= 15 is 0 Å². The minimum atomic E-state index is -0.602. The fourth-order valence-corrected chi connectivity index (χ4v) is 0.0645. The molecule has 5 nitrogen and oxygen atoms in total. The Hall–Kier alpha value is -0.650. The second kappa shape index (κ2) is 10.4. The van der Waals surface area contributed by atoms with Crippen molar-refractivity contribution in [3.05, 3.63) is 0 Å². The lowest BCUT2D eigenvalue weighted by Gasteiger charge is -1.86. The number of hydrogen-bond acceptors (Lipinski definition) is 5. The zero-order valence-electron chi connectivity index (χ0n) is 5.55. The van der Waals surface area contributed by atoms with Gasteiger partial charge >= 0.3 is 5.97 Å². The van der Waals surface area contributed by atoms with E-state index in [0.717, 1.165) is 0 Å². The molecule has 0 aliphatic rings. The van der Waals surface area contributed by atoms with Crippen molar-refractivity contribution in [1.82, 2.24) is 5.43 Å². The fraction of sp³-hybridized carbons (Fsp3) is 0.750.